The molecule has 0 bridgehead atoms. The Bertz CT molecular complexity index is 242. The lowest BCUT2D eigenvalue weighted by atomic mass is 9.84. The third-order valence-electron chi connectivity index (χ3n) is 4.24. The average molecular weight is 242 g/mol. The van der Waals surface area contributed by atoms with Gasteiger partial charge in [0, 0.05) is 0 Å². The molecule has 1 saturated heterocycles. The van der Waals surface area contributed by atoms with E-state index in [2.05, 4.69) is 11.8 Å². The molecule has 0 radical (unpaired) electrons. The van der Waals surface area contributed by atoms with Gasteiger partial charge in [0.1, 0.15) is 0 Å². The Balaban J connectivity index is 1.94. The van der Waals surface area contributed by atoms with E-state index in [4.69, 9.17) is 5.11 Å². The van der Waals surface area contributed by atoms with E-state index >= 15 is 0 Å². The summed E-state index contributed by atoms with van der Waals surface area (Å²) in [4.78, 5) is 11.1. The molecule has 2 aliphatic rings. The molecule has 1 aliphatic heterocycles. The molecule has 92 valence electrons. The molecule has 2 rings (SSSR count). The van der Waals surface area contributed by atoms with Crippen molar-refractivity contribution >= 4 is 17.7 Å². The topological polar surface area (TPSA) is 37.3 Å². The zero-order valence-electron chi connectivity index (χ0n) is 9.86. The molecular weight excluding hydrogens is 220 g/mol. The quantitative estimate of drug-likeness (QED) is 0.765. The van der Waals surface area contributed by atoms with Crippen molar-refractivity contribution in [1.29, 1.82) is 0 Å². The molecule has 0 aromatic rings. The van der Waals surface area contributed by atoms with E-state index in [1.165, 1.54) is 30.8 Å². The molecule has 0 spiro atoms. The first-order chi connectivity index (χ1) is 7.77. The minimum absolute atomic E-state index is 0.0642. The normalized spacial score (nSPS) is 36.6. The van der Waals surface area contributed by atoms with Crippen molar-refractivity contribution in [2.24, 2.45) is 17.8 Å². The lowest BCUT2D eigenvalue weighted by molar-refractivity contribution is -0.142. The molecule has 3 atom stereocenters. The van der Waals surface area contributed by atoms with Crippen LogP contribution in [-0.4, -0.2) is 22.6 Å². The Morgan fingerprint density at radius 2 is 1.81 bits per heavy atom. The fourth-order valence-corrected chi connectivity index (χ4v) is 4.52. The van der Waals surface area contributed by atoms with Crippen LogP contribution in [0.25, 0.3) is 0 Å². The standard InChI is InChI=1S/C13H22O2S/c14-13(15)11-4-2-1-3-10-7-8-16-9-12(10)6-5-11/h10-12H,1-9H2,(H,14,15). The summed E-state index contributed by atoms with van der Waals surface area (Å²) in [5, 5.41) is 9.14. The van der Waals surface area contributed by atoms with Crippen LogP contribution in [0.5, 0.6) is 0 Å². The second-order valence-corrected chi connectivity index (χ2v) is 6.43. The van der Waals surface area contributed by atoms with Crippen LogP contribution in [0.15, 0.2) is 0 Å². The van der Waals surface area contributed by atoms with Crippen LogP contribution in [0.1, 0.15) is 44.9 Å². The first-order valence-corrected chi connectivity index (χ1v) is 7.73. The fourth-order valence-electron chi connectivity index (χ4n) is 3.14. The average Bonchev–Trinajstić information content (AvgIpc) is 2.38. The predicted octanol–water partition coefficient (Wildman–Crippen LogP) is 3.41. The second-order valence-electron chi connectivity index (χ2n) is 5.28. The van der Waals surface area contributed by atoms with E-state index in [0.29, 0.717) is 0 Å². The summed E-state index contributed by atoms with van der Waals surface area (Å²) in [6.07, 6.45) is 8.04. The largest absolute Gasteiger partial charge is 0.481 e. The van der Waals surface area contributed by atoms with E-state index in [0.717, 1.165) is 37.5 Å². The smallest absolute Gasteiger partial charge is 0.306 e. The molecule has 16 heavy (non-hydrogen) atoms. The number of fused-ring (bicyclic) bond motifs is 1. The Morgan fingerprint density at radius 3 is 2.62 bits per heavy atom. The van der Waals surface area contributed by atoms with Crippen molar-refractivity contribution in [3.8, 4) is 0 Å². The molecule has 1 heterocycles. The number of hydrogen-bond donors (Lipinski definition) is 1. The van der Waals surface area contributed by atoms with Crippen molar-refractivity contribution in [3.05, 3.63) is 0 Å². The number of aliphatic carboxylic acids is 1. The van der Waals surface area contributed by atoms with Crippen molar-refractivity contribution < 1.29 is 9.90 Å². The molecule has 0 amide bonds. The van der Waals surface area contributed by atoms with Gasteiger partial charge in [0.25, 0.3) is 0 Å². The SMILES string of the molecule is O=C(O)C1CCCCC2CCSCC2CC1. The monoisotopic (exact) mass is 242 g/mol. The second kappa shape index (κ2) is 5.95. The van der Waals surface area contributed by atoms with Crippen LogP contribution in [-0.2, 0) is 4.79 Å². The van der Waals surface area contributed by atoms with Crippen molar-refractivity contribution in [2.75, 3.05) is 11.5 Å². The number of carbonyl (C=O) groups is 1. The highest BCUT2D eigenvalue weighted by atomic mass is 32.2. The van der Waals surface area contributed by atoms with Gasteiger partial charge in [-0.1, -0.05) is 19.3 Å². The Kier molecular flexibility index (Phi) is 4.56. The van der Waals surface area contributed by atoms with Crippen LogP contribution >= 0.6 is 11.8 Å². The molecule has 0 aromatic carbocycles. The summed E-state index contributed by atoms with van der Waals surface area (Å²) in [7, 11) is 0. The zero-order chi connectivity index (χ0) is 11.4. The lowest BCUT2D eigenvalue weighted by Gasteiger charge is -2.31. The number of rotatable bonds is 1. The van der Waals surface area contributed by atoms with Gasteiger partial charge in [0.05, 0.1) is 5.92 Å². The first kappa shape index (κ1) is 12.3. The first-order valence-electron chi connectivity index (χ1n) is 6.58. The van der Waals surface area contributed by atoms with E-state index in [1.54, 1.807) is 0 Å². The molecule has 1 aliphatic carbocycles. The summed E-state index contributed by atoms with van der Waals surface area (Å²) in [6.45, 7) is 0. The van der Waals surface area contributed by atoms with Crippen LogP contribution in [0.4, 0.5) is 0 Å². The summed E-state index contributed by atoms with van der Waals surface area (Å²) in [6, 6.07) is 0. The molecule has 0 aromatic heterocycles. The molecular formula is C13H22O2S. The Morgan fingerprint density at radius 1 is 1.00 bits per heavy atom. The lowest BCUT2D eigenvalue weighted by Crippen LogP contribution is -2.23. The zero-order valence-corrected chi connectivity index (χ0v) is 10.7. The summed E-state index contributed by atoms with van der Waals surface area (Å²) in [5.41, 5.74) is 0. The minimum Gasteiger partial charge on any atom is -0.481 e. The number of carboxylic acid groups (broad SMARTS) is 1. The molecule has 1 N–H and O–H groups in total. The Hall–Kier alpha value is -0.180. The van der Waals surface area contributed by atoms with Gasteiger partial charge >= 0.3 is 5.97 Å². The Labute approximate surface area is 102 Å². The van der Waals surface area contributed by atoms with Gasteiger partial charge in [-0.2, -0.15) is 11.8 Å². The van der Waals surface area contributed by atoms with Crippen LogP contribution < -0.4 is 0 Å². The summed E-state index contributed by atoms with van der Waals surface area (Å²) >= 11 is 2.07. The van der Waals surface area contributed by atoms with Crippen LogP contribution in [0.3, 0.4) is 0 Å². The van der Waals surface area contributed by atoms with Gasteiger partial charge < -0.3 is 5.11 Å². The highest BCUT2D eigenvalue weighted by Crippen LogP contribution is 2.37. The summed E-state index contributed by atoms with van der Waals surface area (Å²) < 4.78 is 0. The van der Waals surface area contributed by atoms with E-state index in [9.17, 15) is 4.79 Å². The van der Waals surface area contributed by atoms with Gasteiger partial charge in [-0.25, -0.2) is 0 Å². The van der Waals surface area contributed by atoms with Crippen LogP contribution in [0, 0.1) is 17.8 Å². The molecule has 3 unspecified atom stereocenters. The maximum atomic E-state index is 11.1. The van der Waals surface area contributed by atoms with Crippen LogP contribution in [0.2, 0.25) is 0 Å². The molecule has 1 saturated carbocycles. The molecule has 2 fully saturated rings. The van der Waals surface area contributed by atoms with Gasteiger partial charge in [-0.05, 0) is 49.0 Å². The van der Waals surface area contributed by atoms with E-state index in [-0.39, 0.29) is 5.92 Å². The number of carboxylic acids is 1. The molecule has 2 nitrogen and oxygen atoms in total. The van der Waals surface area contributed by atoms with Gasteiger partial charge in [-0.3, -0.25) is 4.79 Å². The van der Waals surface area contributed by atoms with Crippen molar-refractivity contribution in [1.82, 2.24) is 0 Å². The third kappa shape index (κ3) is 3.16. The highest BCUT2D eigenvalue weighted by Gasteiger charge is 2.28. The minimum atomic E-state index is -0.568. The molecule has 3 heteroatoms. The highest BCUT2D eigenvalue weighted by molar-refractivity contribution is 7.99. The van der Waals surface area contributed by atoms with Crippen molar-refractivity contribution in [3.63, 3.8) is 0 Å². The van der Waals surface area contributed by atoms with Gasteiger partial charge in [0.15, 0.2) is 0 Å². The predicted molar refractivity (Wildman–Crippen MR) is 67.7 cm³/mol. The van der Waals surface area contributed by atoms with E-state index in [1.807, 2.05) is 0 Å². The number of hydrogen-bond acceptors (Lipinski definition) is 2. The third-order valence-corrected chi connectivity index (χ3v) is 5.43. The van der Waals surface area contributed by atoms with Crippen molar-refractivity contribution in [2.45, 2.75) is 44.9 Å². The summed E-state index contributed by atoms with van der Waals surface area (Å²) in [5.74, 6) is 3.67. The maximum absolute atomic E-state index is 11.1. The number of thioether (sulfide) groups is 1. The van der Waals surface area contributed by atoms with Gasteiger partial charge in [-0.15, -0.1) is 0 Å². The van der Waals surface area contributed by atoms with E-state index < -0.39 is 5.97 Å². The fraction of sp³-hybridized carbons (Fsp3) is 0.923. The maximum Gasteiger partial charge on any atom is 0.306 e. The van der Waals surface area contributed by atoms with Gasteiger partial charge in [0.2, 0.25) is 0 Å².